The molecule has 0 aliphatic rings. The number of carboxylic acid groups (broad SMARTS) is 1. The van der Waals surface area contributed by atoms with Crippen molar-refractivity contribution in [1.29, 1.82) is 0 Å². The second kappa shape index (κ2) is 7.31. The lowest BCUT2D eigenvalue weighted by Gasteiger charge is -2.15. The number of nitrogens with zero attached hydrogens (tertiary/aromatic N) is 2. The van der Waals surface area contributed by atoms with Gasteiger partial charge in [-0.2, -0.15) is 0 Å². The summed E-state index contributed by atoms with van der Waals surface area (Å²) in [6.45, 7) is 5.21. The highest BCUT2D eigenvalue weighted by Crippen LogP contribution is 2.27. The highest BCUT2D eigenvalue weighted by Gasteiger charge is 2.15. The van der Waals surface area contributed by atoms with Crippen LogP contribution in [0.4, 0.5) is 0 Å². The molecule has 2 aromatic rings. The van der Waals surface area contributed by atoms with Crippen LogP contribution < -0.4 is 0 Å². The van der Waals surface area contributed by atoms with E-state index in [9.17, 15) is 4.79 Å². The predicted molar refractivity (Wildman–Crippen MR) is 85.5 cm³/mol. The van der Waals surface area contributed by atoms with E-state index in [0.29, 0.717) is 5.92 Å². The van der Waals surface area contributed by atoms with Crippen LogP contribution >= 0.6 is 11.8 Å². The average molecular weight is 304 g/mol. The molecule has 1 aromatic heterocycles. The average Bonchev–Trinajstić information content (AvgIpc) is 2.88. The maximum Gasteiger partial charge on any atom is 0.313 e. The molecule has 0 aliphatic heterocycles. The van der Waals surface area contributed by atoms with E-state index in [4.69, 9.17) is 5.11 Å². The van der Waals surface area contributed by atoms with E-state index in [1.165, 1.54) is 11.8 Å². The highest BCUT2D eigenvalue weighted by atomic mass is 32.2. The summed E-state index contributed by atoms with van der Waals surface area (Å²) >= 11 is 1.28. The summed E-state index contributed by atoms with van der Waals surface area (Å²) in [7, 11) is 0. The number of rotatable bonds is 7. The summed E-state index contributed by atoms with van der Waals surface area (Å²) in [5.74, 6) is -0.267. The molecule has 0 aliphatic carbocycles. The molecule has 4 nitrogen and oxygen atoms in total. The van der Waals surface area contributed by atoms with E-state index >= 15 is 0 Å². The van der Waals surface area contributed by atoms with Crippen LogP contribution in [0.15, 0.2) is 41.7 Å². The van der Waals surface area contributed by atoms with Crippen molar-refractivity contribution in [2.45, 2.75) is 32.0 Å². The minimum atomic E-state index is -0.820. The van der Waals surface area contributed by atoms with Crippen LogP contribution in [0.25, 0.3) is 11.3 Å². The maximum atomic E-state index is 10.8. The van der Waals surface area contributed by atoms with E-state index < -0.39 is 5.97 Å². The Bertz CT molecular complexity index is 596. The quantitative estimate of drug-likeness (QED) is 0.791. The molecule has 1 N–H and O–H groups in total. The lowest BCUT2D eigenvalue weighted by atomic mass is 10.1. The van der Waals surface area contributed by atoms with Gasteiger partial charge in [-0.05, 0) is 11.5 Å². The van der Waals surface area contributed by atoms with Crippen LogP contribution in [-0.4, -0.2) is 26.4 Å². The van der Waals surface area contributed by atoms with E-state index in [1.807, 2.05) is 24.4 Å². The molecule has 0 bridgehead atoms. The molecule has 112 valence electrons. The minimum absolute atomic E-state index is 0.0335. The molecule has 0 spiro atoms. The summed E-state index contributed by atoms with van der Waals surface area (Å²) in [6, 6.07) is 10.1. The largest absolute Gasteiger partial charge is 0.481 e. The summed E-state index contributed by atoms with van der Waals surface area (Å²) in [6.07, 6.45) is 2.91. The number of carboxylic acids is 1. The fourth-order valence-corrected chi connectivity index (χ4v) is 2.77. The van der Waals surface area contributed by atoms with Crippen LogP contribution in [0.3, 0.4) is 0 Å². The Balaban J connectivity index is 2.33. The number of aromatic nitrogens is 2. The molecule has 0 fully saturated rings. The van der Waals surface area contributed by atoms with Gasteiger partial charge in [-0.3, -0.25) is 4.79 Å². The summed E-state index contributed by atoms with van der Waals surface area (Å²) in [5.41, 5.74) is 2.15. The normalized spacial score (nSPS) is 12.3. The van der Waals surface area contributed by atoms with E-state index in [1.54, 1.807) is 0 Å². The van der Waals surface area contributed by atoms with Gasteiger partial charge in [-0.1, -0.05) is 62.4 Å². The number of hydrogen-bond acceptors (Lipinski definition) is 3. The van der Waals surface area contributed by atoms with Crippen molar-refractivity contribution in [2.24, 2.45) is 5.92 Å². The number of hydrogen-bond donors (Lipinski definition) is 1. The lowest BCUT2D eigenvalue weighted by molar-refractivity contribution is -0.133. The Labute approximate surface area is 129 Å². The van der Waals surface area contributed by atoms with Crippen LogP contribution in [0, 0.1) is 5.92 Å². The van der Waals surface area contributed by atoms with Gasteiger partial charge in [0, 0.05) is 6.54 Å². The Hall–Kier alpha value is -1.75. The van der Waals surface area contributed by atoms with Gasteiger partial charge in [0.05, 0.1) is 17.6 Å². The first kappa shape index (κ1) is 15.6. The second-order valence-corrected chi connectivity index (χ2v) is 6.04. The Morgan fingerprint density at radius 1 is 1.38 bits per heavy atom. The molecule has 1 atom stereocenters. The minimum Gasteiger partial charge on any atom is -0.481 e. The monoisotopic (exact) mass is 304 g/mol. The van der Waals surface area contributed by atoms with Gasteiger partial charge >= 0.3 is 5.97 Å². The molecular weight excluding hydrogens is 284 g/mol. The number of aliphatic carboxylic acids is 1. The summed E-state index contributed by atoms with van der Waals surface area (Å²) in [5, 5.41) is 9.63. The molecular formula is C16H20N2O2S. The zero-order chi connectivity index (χ0) is 15.2. The number of benzene rings is 1. The van der Waals surface area contributed by atoms with Gasteiger partial charge in [0.2, 0.25) is 0 Å². The molecule has 1 heterocycles. The van der Waals surface area contributed by atoms with Gasteiger partial charge in [-0.25, -0.2) is 4.98 Å². The third-order valence-electron chi connectivity index (χ3n) is 3.40. The molecule has 0 radical (unpaired) electrons. The fourth-order valence-electron chi connectivity index (χ4n) is 2.06. The van der Waals surface area contributed by atoms with E-state index in [2.05, 4.69) is 35.5 Å². The van der Waals surface area contributed by atoms with E-state index in [0.717, 1.165) is 29.4 Å². The standard InChI is InChI=1S/C16H20N2O2S/c1-3-12(2)10-18-14(13-7-5-4-6-8-13)9-17-16(18)21-11-15(19)20/h4-9,12H,3,10-11H2,1-2H3,(H,19,20). The van der Waals surface area contributed by atoms with Crippen molar-refractivity contribution < 1.29 is 9.90 Å². The van der Waals surface area contributed by atoms with Crippen molar-refractivity contribution in [1.82, 2.24) is 9.55 Å². The number of imidazole rings is 1. The number of carbonyl (C=O) groups is 1. The van der Waals surface area contributed by atoms with Crippen LogP contribution in [0.2, 0.25) is 0 Å². The van der Waals surface area contributed by atoms with Crippen molar-refractivity contribution in [3.63, 3.8) is 0 Å². The third-order valence-corrected chi connectivity index (χ3v) is 4.38. The zero-order valence-electron chi connectivity index (χ0n) is 12.3. The van der Waals surface area contributed by atoms with Crippen molar-refractivity contribution in [3.8, 4) is 11.3 Å². The molecule has 1 aromatic carbocycles. The summed E-state index contributed by atoms with van der Waals surface area (Å²) in [4.78, 5) is 15.2. The molecule has 1 unspecified atom stereocenters. The second-order valence-electron chi connectivity index (χ2n) is 5.10. The van der Waals surface area contributed by atoms with Crippen LogP contribution in [0.1, 0.15) is 20.3 Å². The van der Waals surface area contributed by atoms with Gasteiger partial charge in [0.15, 0.2) is 5.16 Å². The topological polar surface area (TPSA) is 55.1 Å². The first-order valence-corrected chi connectivity index (χ1v) is 8.06. The molecule has 21 heavy (non-hydrogen) atoms. The molecule has 5 heteroatoms. The summed E-state index contributed by atoms with van der Waals surface area (Å²) < 4.78 is 2.14. The Morgan fingerprint density at radius 2 is 2.10 bits per heavy atom. The Morgan fingerprint density at radius 3 is 2.71 bits per heavy atom. The fraction of sp³-hybridized carbons (Fsp3) is 0.375. The van der Waals surface area contributed by atoms with Gasteiger partial charge in [0.25, 0.3) is 0 Å². The molecule has 0 amide bonds. The van der Waals surface area contributed by atoms with Crippen LogP contribution in [-0.2, 0) is 11.3 Å². The van der Waals surface area contributed by atoms with Crippen molar-refractivity contribution in [3.05, 3.63) is 36.5 Å². The smallest absolute Gasteiger partial charge is 0.313 e. The SMILES string of the molecule is CCC(C)Cn1c(-c2ccccc2)cnc1SCC(=O)O. The molecule has 0 saturated heterocycles. The molecule has 2 rings (SSSR count). The maximum absolute atomic E-state index is 10.8. The number of thioether (sulfide) groups is 1. The van der Waals surface area contributed by atoms with Crippen LogP contribution in [0.5, 0.6) is 0 Å². The van der Waals surface area contributed by atoms with Gasteiger partial charge in [-0.15, -0.1) is 0 Å². The lowest BCUT2D eigenvalue weighted by Crippen LogP contribution is -2.10. The predicted octanol–water partition coefficient (Wildman–Crippen LogP) is 3.77. The third kappa shape index (κ3) is 4.11. The Kier molecular flexibility index (Phi) is 5.44. The van der Waals surface area contributed by atoms with Gasteiger partial charge < -0.3 is 9.67 Å². The molecule has 0 saturated carbocycles. The van der Waals surface area contributed by atoms with Crippen molar-refractivity contribution >= 4 is 17.7 Å². The zero-order valence-corrected chi connectivity index (χ0v) is 13.1. The van der Waals surface area contributed by atoms with Crippen molar-refractivity contribution in [2.75, 3.05) is 5.75 Å². The first-order chi connectivity index (χ1) is 10.1. The van der Waals surface area contributed by atoms with Gasteiger partial charge in [0.1, 0.15) is 0 Å². The van der Waals surface area contributed by atoms with E-state index in [-0.39, 0.29) is 5.75 Å². The highest BCUT2D eigenvalue weighted by molar-refractivity contribution is 7.99. The first-order valence-electron chi connectivity index (χ1n) is 7.07.